The van der Waals surface area contributed by atoms with Crippen LogP contribution in [0.5, 0.6) is 0 Å². The molecular formula is C20H20N4O4. The third-order valence-electron chi connectivity index (χ3n) is 5.25. The Bertz CT molecular complexity index is 1160. The predicted molar refractivity (Wildman–Crippen MR) is 103 cm³/mol. The fraction of sp³-hybridized carbons (Fsp3) is 0.300. The molecule has 1 fully saturated rings. The topological polar surface area (TPSA) is 108 Å². The van der Waals surface area contributed by atoms with E-state index in [0.717, 1.165) is 21.0 Å². The van der Waals surface area contributed by atoms with Crippen molar-refractivity contribution < 1.29 is 9.90 Å². The summed E-state index contributed by atoms with van der Waals surface area (Å²) in [5, 5.41) is 11.5. The van der Waals surface area contributed by atoms with Crippen LogP contribution in [0.1, 0.15) is 15.9 Å². The number of nitrogens with one attached hydrogen (secondary N) is 1. The number of aryl methyl sites for hydroxylation is 1. The summed E-state index contributed by atoms with van der Waals surface area (Å²) in [5.41, 5.74) is 0.544. The van der Waals surface area contributed by atoms with Crippen molar-refractivity contribution in [2.45, 2.75) is 12.5 Å². The first-order valence-electron chi connectivity index (χ1n) is 9.04. The quantitative estimate of drug-likeness (QED) is 0.679. The summed E-state index contributed by atoms with van der Waals surface area (Å²) >= 11 is 0. The molecule has 3 aromatic rings. The summed E-state index contributed by atoms with van der Waals surface area (Å²) in [4.78, 5) is 44.2. The van der Waals surface area contributed by atoms with Gasteiger partial charge < -0.3 is 14.6 Å². The largest absolute Gasteiger partial charge is 0.391 e. The average molecular weight is 380 g/mol. The molecule has 1 aromatic carbocycles. The first-order chi connectivity index (χ1) is 13.4. The van der Waals surface area contributed by atoms with Crippen LogP contribution in [0.15, 0.2) is 52.3 Å². The van der Waals surface area contributed by atoms with Gasteiger partial charge in [0, 0.05) is 43.8 Å². The lowest BCUT2D eigenvalue weighted by atomic mass is 9.94. The first-order valence-corrected chi connectivity index (χ1v) is 9.04. The van der Waals surface area contributed by atoms with Crippen LogP contribution < -0.4 is 11.2 Å². The average Bonchev–Trinajstić information content (AvgIpc) is 3.05. The highest BCUT2D eigenvalue weighted by Crippen LogP contribution is 2.26. The molecule has 0 aliphatic carbocycles. The monoisotopic (exact) mass is 380 g/mol. The second-order valence-electron chi connectivity index (χ2n) is 7.14. The van der Waals surface area contributed by atoms with Crippen LogP contribution in [0.3, 0.4) is 0 Å². The number of fused-ring (bicyclic) bond motifs is 1. The molecule has 2 atom stereocenters. The molecule has 1 aliphatic rings. The molecule has 2 aromatic heterocycles. The highest BCUT2D eigenvalue weighted by molar-refractivity contribution is 5.93. The van der Waals surface area contributed by atoms with E-state index < -0.39 is 23.3 Å². The van der Waals surface area contributed by atoms with Crippen LogP contribution in [-0.2, 0) is 13.5 Å². The molecule has 1 saturated heterocycles. The minimum absolute atomic E-state index is 0.107. The molecule has 4 rings (SSSR count). The number of β-amino-alcohol motifs (C(OH)–C–C–N with tert-alkyl or cyclic N) is 1. The zero-order chi connectivity index (χ0) is 19.8. The van der Waals surface area contributed by atoms with Crippen molar-refractivity contribution in [1.29, 1.82) is 0 Å². The van der Waals surface area contributed by atoms with E-state index in [0.29, 0.717) is 13.0 Å². The van der Waals surface area contributed by atoms with Crippen LogP contribution in [0.4, 0.5) is 0 Å². The molecule has 0 unspecified atom stereocenters. The van der Waals surface area contributed by atoms with Crippen LogP contribution in [0, 0.1) is 5.92 Å². The van der Waals surface area contributed by atoms with Crippen LogP contribution in [-0.4, -0.2) is 49.6 Å². The van der Waals surface area contributed by atoms with Gasteiger partial charge in [0.25, 0.3) is 11.5 Å². The van der Waals surface area contributed by atoms with Crippen molar-refractivity contribution in [3.05, 3.63) is 74.7 Å². The van der Waals surface area contributed by atoms with Gasteiger partial charge in [-0.3, -0.25) is 19.6 Å². The molecule has 28 heavy (non-hydrogen) atoms. The normalized spacial score (nSPS) is 19.3. The number of aliphatic hydroxyl groups excluding tert-OH is 1. The number of rotatable bonds is 3. The van der Waals surface area contributed by atoms with E-state index in [1.54, 1.807) is 6.20 Å². The van der Waals surface area contributed by atoms with E-state index in [1.165, 1.54) is 18.1 Å². The third kappa shape index (κ3) is 3.22. The third-order valence-corrected chi connectivity index (χ3v) is 5.25. The summed E-state index contributed by atoms with van der Waals surface area (Å²) in [7, 11) is 1.46. The zero-order valence-electron chi connectivity index (χ0n) is 15.3. The lowest BCUT2D eigenvalue weighted by Gasteiger charge is -2.16. The molecular weight excluding hydrogens is 360 g/mol. The van der Waals surface area contributed by atoms with Gasteiger partial charge in [-0.2, -0.15) is 0 Å². The number of H-pyrrole nitrogens is 1. The van der Waals surface area contributed by atoms with Crippen LogP contribution in [0.2, 0.25) is 0 Å². The summed E-state index contributed by atoms with van der Waals surface area (Å²) in [6.07, 6.45) is 2.88. The van der Waals surface area contributed by atoms with Crippen molar-refractivity contribution in [3.63, 3.8) is 0 Å². The molecule has 8 nitrogen and oxygen atoms in total. The smallest absolute Gasteiger partial charge is 0.328 e. The van der Waals surface area contributed by atoms with Gasteiger partial charge in [0.05, 0.1) is 11.6 Å². The Balaban J connectivity index is 1.56. The van der Waals surface area contributed by atoms with Crippen molar-refractivity contribution in [3.8, 4) is 0 Å². The maximum absolute atomic E-state index is 12.8. The lowest BCUT2D eigenvalue weighted by molar-refractivity contribution is 0.0761. The number of aromatic amines is 1. The van der Waals surface area contributed by atoms with E-state index in [9.17, 15) is 19.5 Å². The van der Waals surface area contributed by atoms with Crippen molar-refractivity contribution >= 4 is 16.8 Å². The minimum atomic E-state index is -0.717. The Morgan fingerprint density at radius 3 is 2.86 bits per heavy atom. The number of hydrogen-bond donors (Lipinski definition) is 2. The number of benzene rings is 1. The number of aromatic nitrogens is 3. The molecule has 1 amide bonds. The molecule has 0 radical (unpaired) electrons. The Labute approximate surface area is 160 Å². The predicted octanol–water partition coefficient (Wildman–Crippen LogP) is 0.297. The molecule has 1 aliphatic heterocycles. The minimum Gasteiger partial charge on any atom is -0.391 e. The molecule has 144 valence electrons. The molecule has 3 heterocycles. The Morgan fingerprint density at radius 1 is 1.25 bits per heavy atom. The lowest BCUT2D eigenvalue weighted by Crippen LogP contribution is -2.38. The van der Waals surface area contributed by atoms with Gasteiger partial charge in [0.15, 0.2) is 0 Å². The van der Waals surface area contributed by atoms with E-state index in [4.69, 9.17) is 0 Å². The van der Waals surface area contributed by atoms with Crippen molar-refractivity contribution in [2.24, 2.45) is 13.0 Å². The number of para-hydroxylation sites is 1. The highest BCUT2D eigenvalue weighted by Gasteiger charge is 2.35. The second-order valence-corrected chi connectivity index (χ2v) is 7.14. The van der Waals surface area contributed by atoms with Crippen LogP contribution in [0.25, 0.3) is 10.9 Å². The van der Waals surface area contributed by atoms with Gasteiger partial charge in [0.2, 0.25) is 0 Å². The Hall–Kier alpha value is -3.26. The number of nitrogens with zero attached hydrogens (tertiary/aromatic N) is 3. The first kappa shape index (κ1) is 18.1. The fourth-order valence-corrected chi connectivity index (χ4v) is 3.72. The SMILES string of the molecule is Cn1cc(C(=O)N2C[C@@H](Cc3ccnc4ccccc34)[C@H](O)C2)c(=O)[nH]c1=O. The maximum atomic E-state index is 12.8. The van der Waals surface area contributed by atoms with Gasteiger partial charge in [0.1, 0.15) is 5.56 Å². The Kier molecular flexibility index (Phi) is 4.56. The Morgan fingerprint density at radius 2 is 2.04 bits per heavy atom. The molecule has 0 spiro atoms. The number of carbonyl (C=O) groups excluding carboxylic acids is 1. The van der Waals surface area contributed by atoms with Gasteiger partial charge >= 0.3 is 5.69 Å². The number of carbonyl (C=O) groups is 1. The van der Waals surface area contributed by atoms with Gasteiger partial charge in [-0.05, 0) is 24.1 Å². The van der Waals surface area contributed by atoms with Gasteiger partial charge in [-0.15, -0.1) is 0 Å². The summed E-state index contributed by atoms with van der Waals surface area (Å²) in [6.45, 7) is 0.480. The number of pyridine rings is 1. The van der Waals surface area contributed by atoms with Gasteiger partial charge in [-0.1, -0.05) is 18.2 Å². The number of aliphatic hydroxyl groups is 1. The van der Waals surface area contributed by atoms with E-state index in [2.05, 4.69) is 9.97 Å². The van der Waals surface area contributed by atoms with Crippen molar-refractivity contribution in [2.75, 3.05) is 13.1 Å². The molecule has 8 heteroatoms. The summed E-state index contributed by atoms with van der Waals surface area (Å²) in [6, 6.07) is 9.73. The van der Waals surface area contributed by atoms with E-state index in [1.807, 2.05) is 30.3 Å². The maximum Gasteiger partial charge on any atom is 0.328 e. The standard InChI is InChI=1S/C20H20N4O4/c1-23-10-15(18(26)22-20(23)28)19(27)24-9-13(17(25)11-24)8-12-6-7-21-16-5-3-2-4-14(12)16/h2-7,10,13,17,25H,8-9,11H2,1H3,(H,22,26,28)/t13-,17-/m1/s1. The van der Waals surface area contributed by atoms with E-state index in [-0.39, 0.29) is 18.0 Å². The number of hydrogen-bond acceptors (Lipinski definition) is 5. The van der Waals surface area contributed by atoms with Gasteiger partial charge in [-0.25, -0.2) is 4.79 Å². The van der Waals surface area contributed by atoms with E-state index >= 15 is 0 Å². The number of amides is 1. The number of likely N-dealkylation sites (tertiary alicyclic amines) is 1. The summed E-state index contributed by atoms with van der Waals surface area (Å²) < 4.78 is 1.15. The second kappa shape index (κ2) is 7.05. The van der Waals surface area contributed by atoms with Crippen molar-refractivity contribution in [1.82, 2.24) is 19.4 Å². The van der Waals surface area contributed by atoms with Crippen LogP contribution >= 0.6 is 0 Å². The summed E-state index contributed by atoms with van der Waals surface area (Å²) in [5.74, 6) is -0.639. The fourth-order valence-electron chi connectivity index (χ4n) is 3.72. The molecule has 0 bridgehead atoms. The highest BCUT2D eigenvalue weighted by atomic mass is 16.3. The zero-order valence-corrected chi connectivity index (χ0v) is 15.3. The molecule has 2 N–H and O–H groups in total. The molecule has 0 saturated carbocycles.